The fourth-order valence-electron chi connectivity index (χ4n) is 3.48. The number of nitrogens with one attached hydrogen (secondary N) is 1. The average molecular weight is 411 g/mol. The monoisotopic (exact) mass is 410 g/mol. The first-order chi connectivity index (χ1) is 14.5. The first-order valence-corrected chi connectivity index (χ1v) is 10.5. The van der Waals surface area contributed by atoms with Crippen LogP contribution in [0.1, 0.15) is 38.7 Å². The molecule has 0 aromatic heterocycles. The number of rotatable bonds is 8. The van der Waals surface area contributed by atoms with Crippen molar-refractivity contribution in [3.8, 4) is 11.5 Å². The quantitative estimate of drug-likeness (QED) is 0.723. The van der Waals surface area contributed by atoms with Crippen molar-refractivity contribution >= 4 is 11.8 Å². The average Bonchev–Trinajstić information content (AvgIpc) is 2.96. The van der Waals surface area contributed by atoms with Crippen LogP contribution in [0.25, 0.3) is 0 Å². The normalized spacial score (nSPS) is 16.5. The summed E-state index contributed by atoms with van der Waals surface area (Å²) < 4.78 is 11.4. The Bertz CT molecular complexity index is 821. The molecule has 2 aromatic carbocycles. The van der Waals surface area contributed by atoms with Gasteiger partial charge in [-0.05, 0) is 62.9 Å². The lowest BCUT2D eigenvalue weighted by Gasteiger charge is -2.30. The van der Waals surface area contributed by atoms with E-state index >= 15 is 0 Å². The van der Waals surface area contributed by atoms with Gasteiger partial charge in [-0.2, -0.15) is 0 Å². The lowest BCUT2D eigenvalue weighted by atomic mass is 10.1. The largest absolute Gasteiger partial charge is 0.491 e. The third-order valence-electron chi connectivity index (χ3n) is 4.96. The van der Waals surface area contributed by atoms with E-state index in [2.05, 4.69) is 5.32 Å². The SMILES string of the molecule is CC(C)Oc1ccc(CN(C(=O)COc2ccccc2)[C@H]2CCCCNC2=O)cc1. The summed E-state index contributed by atoms with van der Waals surface area (Å²) in [6.07, 6.45) is 2.57. The van der Waals surface area contributed by atoms with Gasteiger partial charge in [-0.1, -0.05) is 30.3 Å². The zero-order chi connectivity index (χ0) is 21.3. The van der Waals surface area contributed by atoms with Crippen molar-refractivity contribution in [2.24, 2.45) is 0 Å². The van der Waals surface area contributed by atoms with Crippen molar-refractivity contribution in [3.63, 3.8) is 0 Å². The van der Waals surface area contributed by atoms with E-state index in [1.165, 1.54) is 0 Å². The molecule has 0 aliphatic carbocycles. The van der Waals surface area contributed by atoms with Crippen LogP contribution in [0.2, 0.25) is 0 Å². The summed E-state index contributed by atoms with van der Waals surface area (Å²) in [6.45, 7) is 4.84. The van der Waals surface area contributed by atoms with Crippen LogP contribution in [0.3, 0.4) is 0 Å². The van der Waals surface area contributed by atoms with Gasteiger partial charge in [-0.3, -0.25) is 9.59 Å². The lowest BCUT2D eigenvalue weighted by molar-refractivity contribution is -0.142. The van der Waals surface area contributed by atoms with Gasteiger partial charge >= 0.3 is 0 Å². The van der Waals surface area contributed by atoms with Crippen molar-refractivity contribution in [3.05, 3.63) is 60.2 Å². The molecule has 6 nitrogen and oxygen atoms in total. The maximum atomic E-state index is 13.1. The van der Waals surface area contributed by atoms with Crippen LogP contribution in [0.15, 0.2) is 54.6 Å². The van der Waals surface area contributed by atoms with Crippen molar-refractivity contribution in [1.82, 2.24) is 10.2 Å². The maximum absolute atomic E-state index is 13.1. The summed E-state index contributed by atoms with van der Waals surface area (Å²) in [5.41, 5.74) is 0.941. The molecule has 1 atom stereocenters. The second kappa shape index (κ2) is 10.7. The molecule has 0 spiro atoms. The van der Waals surface area contributed by atoms with E-state index < -0.39 is 6.04 Å². The van der Waals surface area contributed by atoms with Crippen LogP contribution < -0.4 is 14.8 Å². The molecule has 0 radical (unpaired) electrons. The molecule has 0 unspecified atom stereocenters. The minimum atomic E-state index is -0.494. The molecule has 30 heavy (non-hydrogen) atoms. The molecule has 1 heterocycles. The molecule has 1 N–H and O–H groups in total. The van der Waals surface area contributed by atoms with Crippen LogP contribution in [0.4, 0.5) is 0 Å². The zero-order valence-corrected chi connectivity index (χ0v) is 17.7. The van der Waals surface area contributed by atoms with Crippen LogP contribution in [-0.4, -0.2) is 42.0 Å². The molecule has 1 fully saturated rings. The minimum Gasteiger partial charge on any atom is -0.491 e. The number of benzene rings is 2. The molecule has 2 aromatic rings. The number of carbonyl (C=O) groups excluding carboxylic acids is 2. The fraction of sp³-hybridized carbons (Fsp3) is 0.417. The number of nitrogens with zero attached hydrogens (tertiary/aromatic N) is 1. The van der Waals surface area contributed by atoms with Gasteiger partial charge in [0.15, 0.2) is 6.61 Å². The van der Waals surface area contributed by atoms with E-state index in [1.54, 1.807) is 4.90 Å². The highest BCUT2D eigenvalue weighted by Crippen LogP contribution is 2.20. The standard InChI is InChI=1S/C24H30N2O4/c1-18(2)30-21-13-11-19(12-14-21)16-26(22-10-6-7-15-25-24(22)28)23(27)17-29-20-8-4-3-5-9-20/h3-5,8-9,11-14,18,22H,6-7,10,15-17H2,1-2H3,(H,25,28)/t22-/m0/s1. The molecule has 1 saturated heterocycles. The summed E-state index contributed by atoms with van der Waals surface area (Å²) in [4.78, 5) is 27.4. The zero-order valence-electron chi connectivity index (χ0n) is 17.7. The van der Waals surface area contributed by atoms with E-state index in [9.17, 15) is 9.59 Å². The number of hydrogen-bond acceptors (Lipinski definition) is 4. The smallest absolute Gasteiger partial charge is 0.261 e. The summed E-state index contributed by atoms with van der Waals surface area (Å²) in [5, 5.41) is 2.93. The summed E-state index contributed by atoms with van der Waals surface area (Å²) >= 11 is 0. The fourth-order valence-corrected chi connectivity index (χ4v) is 3.48. The Hall–Kier alpha value is -3.02. The van der Waals surface area contributed by atoms with Crippen LogP contribution in [0, 0.1) is 0 Å². The Morgan fingerprint density at radius 3 is 2.50 bits per heavy atom. The molecule has 1 aliphatic heterocycles. The Morgan fingerprint density at radius 1 is 1.07 bits per heavy atom. The van der Waals surface area contributed by atoms with Gasteiger partial charge in [0.1, 0.15) is 17.5 Å². The van der Waals surface area contributed by atoms with E-state index in [0.29, 0.717) is 25.3 Å². The molecule has 0 bridgehead atoms. The predicted molar refractivity (Wildman–Crippen MR) is 115 cm³/mol. The van der Waals surface area contributed by atoms with Gasteiger partial charge in [0, 0.05) is 13.1 Å². The first-order valence-electron chi connectivity index (χ1n) is 10.5. The molecule has 6 heteroatoms. The Morgan fingerprint density at radius 2 is 1.80 bits per heavy atom. The van der Waals surface area contributed by atoms with Crippen molar-refractivity contribution in [2.75, 3.05) is 13.2 Å². The molecular formula is C24H30N2O4. The molecule has 3 rings (SSSR count). The van der Waals surface area contributed by atoms with Gasteiger partial charge in [0.25, 0.3) is 5.91 Å². The predicted octanol–water partition coefficient (Wildman–Crippen LogP) is 3.55. The molecule has 160 valence electrons. The summed E-state index contributed by atoms with van der Waals surface area (Å²) in [6, 6.07) is 16.4. The van der Waals surface area contributed by atoms with Crippen molar-refractivity contribution < 1.29 is 19.1 Å². The molecule has 2 amide bonds. The second-order valence-electron chi connectivity index (χ2n) is 7.74. The number of carbonyl (C=O) groups is 2. The van der Waals surface area contributed by atoms with Gasteiger partial charge in [-0.15, -0.1) is 0 Å². The van der Waals surface area contributed by atoms with Gasteiger partial charge in [0.05, 0.1) is 6.10 Å². The van der Waals surface area contributed by atoms with E-state index in [4.69, 9.17) is 9.47 Å². The van der Waals surface area contributed by atoms with Gasteiger partial charge < -0.3 is 19.7 Å². The first kappa shape index (κ1) is 21.7. The third kappa shape index (κ3) is 6.24. The summed E-state index contributed by atoms with van der Waals surface area (Å²) in [7, 11) is 0. The van der Waals surface area contributed by atoms with Crippen LogP contribution in [-0.2, 0) is 16.1 Å². The number of ether oxygens (including phenoxy) is 2. The van der Waals surface area contributed by atoms with E-state index in [0.717, 1.165) is 24.2 Å². The Balaban J connectivity index is 1.74. The Labute approximate surface area is 178 Å². The second-order valence-corrected chi connectivity index (χ2v) is 7.74. The van der Waals surface area contributed by atoms with E-state index in [-0.39, 0.29) is 24.5 Å². The highest BCUT2D eigenvalue weighted by atomic mass is 16.5. The molecule has 1 aliphatic rings. The van der Waals surface area contributed by atoms with Crippen LogP contribution in [0.5, 0.6) is 11.5 Å². The number of amides is 2. The highest BCUT2D eigenvalue weighted by Gasteiger charge is 2.31. The topological polar surface area (TPSA) is 67.9 Å². The highest BCUT2D eigenvalue weighted by molar-refractivity contribution is 5.88. The minimum absolute atomic E-state index is 0.0961. The maximum Gasteiger partial charge on any atom is 0.261 e. The third-order valence-corrected chi connectivity index (χ3v) is 4.96. The Kier molecular flexibility index (Phi) is 7.71. The number of hydrogen-bond donors (Lipinski definition) is 1. The summed E-state index contributed by atoms with van der Waals surface area (Å²) in [5.74, 6) is 1.11. The van der Waals surface area contributed by atoms with Crippen LogP contribution >= 0.6 is 0 Å². The van der Waals surface area contributed by atoms with Crippen molar-refractivity contribution in [2.45, 2.75) is 51.8 Å². The number of para-hydroxylation sites is 1. The molecule has 0 saturated carbocycles. The van der Waals surface area contributed by atoms with Crippen molar-refractivity contribution in [1.29, 1.82) is 0 Å². The lowest BCUT2D eigenvalue weighted by Crippen LogP contribution is -2.49. The van der Waals surface area contributed by atoms with Gasteiger partial charge in [-0.25, -0.2) is 0 Å². The van der Waals surface area contributed by atoms with E-state index in [1.807, 2.05) is 68.4 Å². The van der Waals surface area contributed by atoms with Gasteiger partial charge in [0.2, 0.25) is 5.91 Å². The molecular weight excluding hydrogens is 380 g/mol.